The van der Waals surface area contributed by atoms with E-state index in [-0.39, 0.29) is 60.1 Å². The first-order chi connectivity index (χ1) is 19.6. The molecule has 41 heavy (non-hydrogen) atoms. The van der Waals surface area contributed by atoms with Crippen LogP contribution in [0.25, 0.3) is 6.08 Å². The van der Waals surface area contributed by atoms with Gasteiger partial charge in [-0.15, -0.1) is 5.10 Å². The third kappa shape index (κ3) is 6.61. The summed E-state index contributed by atoms with van der Waals surface area (Å²) in [6, 6.07) is 2.21. The number of fused-ring (bicyclic) bond motifs is 1. The number of aromatic hydroxyl groups is 1. The van der Waals surface area contributed by atoms with E-state index >= 15 is 0 Å². The standard InChI is InChI=1S/C24H24FN9O6S/c1-13-10-15(28-23-29-22(25)30-24(31-23)34(6-8-35)7-9-36)3-5-18(13)32-33-21-17(26)4-2-14-11-16(41(38,39)40-27)12-19(37)20(14)21/h2-5,10-12,26,35-37H,6-9,27H2,1H3/p+1. The minimum atomic E-state index is -4.27. The molecule has 0 aliphatic heterocycles. The van der Waals surface area contributed by atoms with Crippen molar-refractivity contribution in [2.75, 3.05) is 31.2 Å². The minimum Gasteiger partial charge on any atom is -0.507 e. The van der Waals surface area contributed by atoms with Crippen LogP contribution in [0.15, 0.2) is 62.1 Å². The van der Waals surface area contributed by atoms with Gasteiger partial charge in [0.05, 0.1) is 35.1 Å². The van der Waals surface area contributed by atoms with Gasteiger partial charge in [0.2, 0.25) is 11.7 Å². The van der Waals surface area contributed by atoms with E-state index in [2.05, 4.69) is 34.4 Å². The molecule has 2 aliphatic rings. The summed E-state index contributed by atoms with van der Waals surface area (Å²) >= 11 is 0. The number of nitrogens with zero attached hydrogens (tertiary/aromatic N) is 7. The van der Waals surface area contributed by atoms with Crippen LogP contribution in [0.5, 0.6) is 5.75 Å². The number of allylic oxidation sites excluding steroid dienone is 5. The third-order valence-electron chi connectivity index (χ3n) is 5.76. The molecule has 2 aromatic rings. The Balaban J connectivity index is 1.63. The number of hydrogen-bond donors (Lipinski definition) is 5. The molecule has 0 saturated heterocycles. The van der Waals surface area contributed by atoms with E-state index in [0.717, 1.165) is 6.07 Å². The zero-order valence-corrected chi connectivity index (χ0v) is 22.3. The summed E-state index contributed by atoms with van der Waals surface area (Å²) < 4.78 is 42.0. The summed E-state index contributed by atoms with van der Waals surface area (Å²) in [6.07, 6.45) is 6.69. The molecule has 0 bridgehead atoms. The van der Waals surface area contributed by atoms with Gasteiger partial charge in [-0.05, 0) is 48.4 Å². The molecule has 15 nitrogen and oxygen atoms in total. The van der Waals surface area contributed by atoms with Crippen molar-refractivity contribution in [1.29, 1.82) is 0 Å². The summed E-state index contributed by atoms with van der Waals surface area (Å²) in [4.78, 5) is 16.6. The highest BCUT2D eigenvalue weighted by atomic mass is 32.2. The van der Waals surface area contributed by atoms with Crippen LogP contribution in [0.1, 0.15) is 18.1 Å². The number of phenols is 1. The first-order valence-electron chi connectivity index (χ1n) is 11.9. The Bertz CT molecular complexity index is 1680. The van der Waals surface area contributed by atoms with Gasteiger partial charge in [0, 0.05) is 25.2 Å². The number of benzene rings is 1. The maximum Gasteiger partial charge on any atom is 0.315 e. The average Bonchev–Trinajstić information content (AvgIpc) is 2.93. The van der Waals surface area contributed by atoms with Crippen molar-refractivity contribution in [3.05, 3.63) is 59.2 Å². The molecular weight excluding hydrogens is 561 g/mol. The summed E-state index contributed by atoms with van der Waals surface area (Å²) in [7, 11) is -4.27. The molecule has 2 aliphatic carbocycles. The lowest BCUT2D eigenvalue weighted by atomic mass is 9.93. The topological polar surface area (TPSA) is 235 Å². The molecule has 214 valence electrons. The fraction of sp³-hybridized carbons (Fsp3) is 0.208. The fourth-order valence-electron chi connectivity index (χ4n) is 3.84. The van der Waals surface area contributed by atoms with Crippen LogP contribution in [-0.4, -0.2) is 87.8 Å². The first-order valence-corrected chi connectivity index (χ1v) is 13.3. The number of anilines is 1. The monoisotopic (exact) mass is 586 g/mol. The molecular formula is C24H25FN9O6S+. The fourth-order valence-corrected chi connectivity index (χ4v) is 4.48. The van der Waals surface area contributed by atoms with E-state index in [1.165, 1.54) is 23.1 Å². The van der Waals surface area contributed by atoms with Crippen LogP contribution in [0.4, 0.5) is 16.3 Å². The van der Waals surface area contributed by atoms with Gasteiger partial charge in [0.1, 0.15) is 5.75 Å². The molecule has 4 rings (SSSR count). The predicted octanol–water partition coefficient (Wildman–Crippen LogP) is -1.25. The molecule has 1 aromatic heterocycles. The third-order valence-corrected chi connectivity index (χ3v) is 6.83. The second-order valence-electron chi connectivity index (χ2n) is 8.52. The SMILES string of the molecule is CC1=CC(=Nc2nc(F)nc(N(CCO)CCO)n2)C=CC1=NN=C1C(=[NH2+])C=Cc2cc(S(=O)(=O)ON)cc(O)c21. The van der Waals surface area contributed by atoms with E-state index in [1.54, 1.807) is 25.2 Å². The van der Waals surface area contributed by atoms with E-state index in [1.807, 2.05) is 0 Å². The average molecular weight is 587 g/mol. The summed E-state index contributed by atoms with van der Waals surface area (Å²) in [5.41, 5.74) is 2.14. The van der Waals surface area contributed by atoms with E-state index in [0.29, 0.717) is 22.6 Å². The van der Waals surface area contributed by atoms with Crippen LogP contribution >= 0.6 is 0 Å². The predicted molar refractivity (Wildman–Crippen MR) is 147 cm³/mol. The van der Waals surface area contributed by atoms with Crippen molar-refractivity contribution < 1.29 is 37.8 Å². The van der Waals surface area contributed by atoms with Crippen molar-refractivity contribution in [3.8, 4) is 5.75 Å². The molecule has 17 heteroatoms. The number of aromatic nitrogens is 3. The molecule has 0 radical (unpaired) electrons. The van der Waals surface area contributed by atoms with Crippen molar-refractivity contribution in [2.45, 2.75) is 11.8 Å². The molecule has 0 amide bonds. The highest BCUT2D eigenvalue weighted by molar-refractivity contribution is 7.86. The van der Waals surface area contributed by atoms with Crippen molar-refractivity contribution in [2.24, 2.45) is 21.1 Å². The lowest BCUT2D eigenvalue weighted by Crippen LogP contribution is -2.45. The van der Waals surface area contributed by atoms with Crippen LogP contribution in [0, 0.1) is 6.08 Å². The Morgan fingerprint density at radius 3 is 2.46 bits per heavy atom. The molecule has 0 unspecified atom stereocenters. The summed E-state index contributed by atoms with van der Waals surface area (Å²) in [6.45, 7) is 1.36. The van der Waals surface area contributed by atoms with Gasteiger partial charge in [-0.3, -0.25) is 5.41 Å². The number of hydrogen-bond acceptors (Lipinski definition) is 14. The molecule has 0 spiro atoms. The molecule has 1 heterocycles. The number of rotatable bonds is 9. The second-order valence-corrected chi connectivity index (χ2v) is 10.1. The molecule has 0 saturated carbocycles. The Morgan fingerprint density at radius 2 is 1.80 bits per heavy atom. The Labute approximate surface area is 232 Å². The van der Waals surface area contributed by atoms with Gasteiger partial charge in [0.25, 0.3) is 5.95 Å². The van der Waals surface area contributed by atoms with Crippen LogP contribution in [0.3, 0.4) is 0 Å². The number of nitrogens with two attached hydrogens (primary N) is 2. The van der Waals surface area contributed by atoms with Crippen LogP contribution in [0.2, 0.25) is 0 Å². The maximum absolute atomic E-state index is 14.1. The largest absolute Gasteiger partial charge is 0.507 e. The van der Waals surface area contributed by atoms with Gasteiger partial charge < -0.3 is 20.2 Å². The highest BCUT2D eigenvalue weighted by Gasteiger charge is 2.27. The van der Waals surface area contributed by atoms with Gasteiger partial charge in [-0.2, -0.15) is 43.0 Å². The lowest BCUT2D eigenvalue weighted by Gasteiger charge is -2.20. The smallest absolute Gasteiger partial charge is 0.315 e. The molecule has 0 atom stereocenters. The van der Waals surface area contributed by atoms with E-state index in [9.17, 15) is 28.1 Å². The van der Waals surface area contributed by atoms with E-state index in [4.69, 9.17) is 11.3 Å². The summed E-state index contributed by atoms with van der Waals surface area (Å²) in [5, 5.41) is 43.5. The van der Waals surface area contributed by atoms with Crippen molar-refractivity contribution in [3.63, 3.8) is 0 Å². The molecule has 7 N–H and O–H groups in total. The van der Waals surface area contributed by atoms with Crippen molar-refractivity contribution in [1.82, 2.24) is 15.0 Å². The highest BCUT2D eigenvalue weighted by Crippen LogP contribution is 2.31. The van der Waals surface area contributed by atoms with Crippen molar-refractivity contribution >= 4 is 50.9 Å². The Kier molecular flexibility index (Phi) is 8.84. The van der Waals surface area contributed by atoms with Gasteiger partial charge >= 0.3 is 16.2 Å². The normalized spacial score (nSPS) is 17.8. The lowest BCUT2D eigenvalue weighted by molar-refractivity contribution is -0.108. The molecule has 0 fully saturated rings. The van der Waals surface area contributed by atoms with Crippen LogP contribution in [-0.2, 0) is 14.4 Å². The zero-order valence-electron chi connectivity index (χ0n) is 21.5. The van der Waals surface area contributed by atoms with Gasteiger partial charge in [-0.25, -0.2) is 4.99 Å². The number of halogens is 1. The van der Waals surface area contributed by atoms with Gasteiger partial charge in [0.15, 0.2) is 5.71 Å². The number of phenolic OH excluding ortho intramolecular Hbond substituents is 1. The number of aliphatic hydroxyl groups is 2. The second kappa shape index (κ2) is 12.3. The Morgan fingerprint density at radius 1 is 1.07 bits per heavy atom. The van der Waals surface area contributed by atoms with E-state index < -0.39 is 21.9 Å². The zero-order chi connectivity index (χ0) is 29.7. The van der Waals surface area contributed by atoms with Crippen LogP contribution < -0.4 is 16.2 Å². The molecule has 1 aromatic carbocycles. The minimum absolute atomic E-state index is 0.0730. The first kappa shape index (κ1) is 29.4. The number of aliphatic imine (C=N–C) groups is 1. The quantitative estimate of drug-likeness (QED) is 0.172. The van der Waals surface area contributed by atoms with Gasteiger partial charge in [-0.1, -0.05) is 0 Å². The maximum atomic E-state index is 14.1. The summed E-state index contributed by atoms with van der Waals surface area (Å²) in [5.74, 6) is 4.11. The Hall–Kier alpha value is -4.55. The number of aliphatic hydroxyl groups excluding tert-OH is 2.